The minimum absolute atomic E-state index is 0.0435. The van der Waals surface area contributed by atoms with Crippen LogP contribution >= 0.6 is 0 Å². The normalized spacial score (nSPS) is 12.4. The van der Waals surface area contributed by atoms with Gasteiger partial charge in [-0.2, -0.15) is 5.10 Å². The average molecular weight is 252 g/mol. The van der Waals surface area contributed by atoms with E-state index in [1.807, 2.05) is 0 Å². The van der Waals surface area contributed by atoms with Gasteiger partial charge in [0.25, 0.3) is 0 Å². The van der Waals surface area contributed by atoms with E-state index in [0.717, 1.165) is 19.6 Å². The summed E-state index contributed by atoms with van der Waals surface area (Å²) < 4.78 is 7.86. The molecule has 1 aromatic rings. The molecule has 3 nitrogen and oxygen atoms in total. The van der Waals surface area contributed by atoms with Crippen molar-refractivity contribution in [2.45, 2.75) is 73.0 Å². The molecule has 0 aliphatic rings. The zero-order valence-corrected chi connectivity index (χ0v) is 13.0. The summed E-state index contributed by atoms with van der Waals surface area (Å²) in [7, 11) is 0. The minimum Gasteiger partial charge on any atom is -0.376 e. The lowest BCUT2D eigenvalue weighted by Crippen LogP contribution is -2.20. The maximum atomic E-state index is 5.73. The van der Waals surface area contributed by atoms with Gasteiger partial charge in [-0.25, -0.2) is 0 Å². The molecule has 0 N–H and O–H groups in total. The number of aryl methyl sites for hydroxylation is 2. The van der Waals surface area contributed by atoms with Crippen LogP contribution in [0.25, 0.3) is 0 Å². The third-order valence-corrected chi connectivity index (χ3v) is 3.06. The van der Waals surface area contributed by atoms with Crippen molar-refractivity contribution in [3.63, 3.8) is 0 Å². The summed E-state index contributed by atoms with van der Waals surface area (Å²) in [6, 6.07) is 0. The summed E-state index contributed by atoms with van der Waals surface area (Å²) in [5, 5.41) is 4.63. The highest BCUT2D eigenvalue weighted by atomic mass is 16.5. The fourth-order valence-corrected chi connectivity index (χ4v) is 2.36. The molecule has 0 aliphatic heterocycles. The molecule has 0 aromatic carbocycles. The van der Waals surface area contributed by atoms with Crippen molar-refractivity contribution in [1.82, 2.24) is 9.78 Å². The largest absolute Gasteiger partial charge is 0.376 e. The lowest BCUT2D eigenvalue weighted by Gasteiger charge is -2.19. The molecule has 3 heteroatoms. The second kappa shape index (κ2) is 5.87. The highest BCUT2D eigenvalue weighted by Gasteiger charge is 2.14. The SMILES string of the molecule is Cc1nn(CCCOC(C)(C)C)c(C)c1C(C)C. The van der Waals surface area contributed by atoms with Gasteiger partial charge in [0, 0.05) is 18.8 Å². The molecule has 18 heavy (non-hydrogen) atoms. The number of hydrogen-bond donors (Lipinski definition) is 0. The van der Waals surface area contributed by atoms with Gasteiger partial charge in [-0.1, -0.05) is 13.8 Å². The Morgan fingerprint density at radius 3 is 2.28 bits per heavy atom. The second-order valence-electron chi connectivity index (χ2n) is 6.28. The van der Waals surface area contributed by atoms with Crippen molar-refractivity contribution in [3.8, 4) is 0 Å². The molecule has 104 valence electrons. The lowest BCUT2D eigenvalue weighted by molar-refractivity contribution is -0.00559. The van der Waals surface area contributed by atoms with Crippen LogP contribution in [0, 0.1) is 13.8 Å². The van der Waals surface area contributed by atoms with Crippen LogP contribution in [0.4, 0.5) is 0 Å². The van der Waals surface area contributed by atoms with Gasteiger partial charge < -0.3 is 4.74 Å². The van der Waals surface area contributed by atoms with Crippen LogP contribution in [0.5, 0.6) is 0 Å². The van der Waals surface area contributed by atoms with Crippen molar-refractivity contribution >= 4 is 0 Å². The Bertz CT molecular complexity index is 386. The lowest BCUT2D eigenvalue weighted by atomic mass is 10.0. The van der Waals surface area contributed by atoms with Crippen LogP contribution in [0.2, 0.25) is 0 Å². The van der Waals surface area contributed by atoms with Crippen LogP contribution < -0.4 is 0 Å². The first-order valence-corrected chi connectivity index (χ1v) is 6.90. The zero-order chi connectivity index (χ0) is 13.9. The summed E-state index contributed by atoms with van der Waals surface area (Å²) in [5.41, 5.74) is 3.82. The maximum absolute atomic E-state index is 5.73. The topological polar surface area (TPSA) is 27.1 Å². The Kier molecular flexibility index (Phi) is 4.97. The number of rotatable bonds is 5. The van der Waals surface area contributed by atoms with Crippen molar-refractivity contribution in [2.24, 2.45) is 0 Å². The minimum atomic E-state index is -0.0435. The van der Waals surface area contributed by atoms with Crippen LogP contribution in [-0.4, -0.2) is 22.0 Å². The van der Waals surface area contributed by atoms with Crippen molar-refractivity contribution in [3.05, 3.63) is 17.0 Å². The fraction of sp³-hybridized carbons (Fsp3) is 0.800. The Balaban J connectivity index is 2.56. The highest BCUT2D eigenvalue weighted by Crippen LogP contribution is 2.22. The van der Waals surface area contributed by atoms with Gasteiger partial charge in [-0.3, -0.25) is 4.68 Å². The number of nitrogens with zero attached hydrogens (tertiary/aromatic N) is 2. The molecular weight excluding hydrogens is 224 g/mol. The molecule has 1 heterocycles. The van der Waals surface area contributed by atoms with Gasteiger partial charge in [-0.05, 0) is 52.5 Å². The van der Waals surface area contributed by atoms with E-state index in [2.05, 4.69) is 58.2 Å². The zero-order valence-electron chi connectivity index (χ0n) is 13.0. The van der Waals surface area contributed by atoms with E-state index in [-0.39, 0.29) is 5.60 Å². The van der Waals surface area contributed by atoms with Gasteiger partial charge >= 0.3 is 0 Å². The number of hydrogen-bond acceptors (Lipinski definition) is 2. The molecule has 0 aliphatic carbocycles. The second-order valence-corrected chi connectivity index (χ2v) is 6.28. The molecule has 0 bridgehead atoms. The quantitative estimate of drug-likeness (QED) is 0.745. The highest BCUT2D eigenvalue weighted by molar-refractivity contribution is 5.27. The van der Waals surface area contributed by atoms with E-state index in [1.165, 1.54) is 17.0 Å². The van der Waals surface area contributed by atoms with Crippen LogP contribution in [0.1, 0.15) is 63.9 Å². The van der Waals surface area contributed by atoms with E-state index in [9.17, 15) is 0 Å². The Morgan fingerprint density at radius 2 is 1.83 bits per heavy atom. The summed E-state index contributed by atoms with van der Waals surface area (Å²) >= 11 is 0. The third kappa shape index (κ3) is 4.13. The van der Waals surface area contributed by atoms with E-state index in [0.29, 0.717) is 5.92 Å². The molecule has 0 saturated heterocycles. The monoisotopic (exact) mass is 252 g/mol. The molecule has 0 atom stereocenters. The Morgan fingerprint density at radius 1 is 1.22 bits per heavy atom. The smallest absolute Gasteiger partial charge is 0.0631 e. The standard InChI is InChI=1S/C15H28N2O/c1-11(2)14-12(3)16-17(13(14)4)9-8-10-18-15(5,6)7/h11H,8-10H2,1-7H3. The number of aromatic nitrogens is 2. The van der Waals surface area contributed by atoms with E-state index < -0.39 is 0 Å². The summed E-state index contributed by atoms with van der Waals surface area (Å²) in [6.45, 7) is 16.7. The predicted octanol–water partition coefficient (Wildman–Crippen LogP) is 3.83. The maximum Gasteiger partial charge on any atom is 0.0631 e. The van der Waals surface area contributed by atoms with E-state index in [1.54, 1.807) is 0 Å². The van der Waals surface area contributed by atoms with Crippen LogP contribution in [0.15, 0.2) is 0 Å². The molecule has 0 radical (unpaired) electrons. The molecule has 0 spiro atoms. The summed E-state index contributed by atoms with van der Waals surface area (Å²) in [4.78, 5) is 0. The molecule has 1 aromatic heterocycles. The van der Waals surface area contributed by atoms with Crippen molar-refractivity contribution < 1.29 is 4.74 Å². The molecule has 1 rings (SSSR count). The van der Waals surface area contributed by atoms with Crippen LogP contribution in [0.3, 0.4) is 0 Å². The Labute approximate surface area is 112 Å². The molecule has 0 unspecified atom stereocenters. The van der Waals surface area contributed by atoms with Gasteiger partial charge in [0.05, 0.1) is 11.3 Å². The van der Waals surface area contributed by atoms with Gasteiger partial charge in [0.2, 0.25) is 0 Å². The Hall–Kier alpha value is -0.830. The number of ether oxygens (including phenoxy) is 1. The van der Waals surface area contributed by atoms with E-state index in [4.69, 9.17) is 4.74 Å². The first kappa shape index (κ1) is 15.2. The van der Waals surface area contributed by atoms with Crippen molar-refractivity contribution in [2.75, 3.05) is 6.61 Å². The molecule has 0 fully saturated rings. The van der Waals surface area contributed by atoms with E-state index >= 15 is 0 Å². The first-order chi connectivity index (χ1) is 8.22. The summed E-state index contributed by atoms with van der Waals surface area (Å²) in [6.07, 6.45) is 1.01. The average Bonchev–Trinajstić information content (AvgIpc) is 2.47. The molecule has 0 amide bonds. The van der Waals surface area contributed by atoms with Crippen molar-refractivity contribution in [1.29, 1.82) is 0 Å². The van der Waals surface area contributed by atoms with Gasteiger partial charge in [0.15, 0.2) is 0 Å². The van der Waals surface area contributed by atoms with Gasteiger partial charge in [0.1, 0.15) is 0 Å². The predicted molar refractivity (Wildman–Crippen MR) is 76.1 cm³/mol. The fourth-order valence-electron chi connectivity index (χ4n) is 2.36. The first-order valence-electron chi connectivity index (χ1n) is 6.90. The molecule has 0 saturated carbocycles. The third-order valence-electron chi connectivity index (χ3n) is 3.06. The van der Waals surface area contributed by atoms with Crippen LogP contribution in [-0.2, 0) is 11.3 Å². The molecular formula is C15H28N2O. The van der Waals surface area contributed by atoms with Gasteiger partial charge in [-0.15, -0.1) is 0 Å². The summed E-state index contributed by atoms with van der Waals surface area (Å²) in [5.74, 6) is 0.546.